The molecule has 1 heterocycles. The second kappa shape index (κ2) is 18.1. The monoisotopic (exact) mass is 620 g/mol. The average Bonchev–Trinajstić information content (AvgIpc) is 3.01. The Morgan fingerprint density at radius 1 is 1.04 bits per heavy atom. The molecule has 0 fully saturated rings. The summed E-state index contributed by atoms with van der Waals surface area (Å²) in [6.45, 7) is 5.28. The summed E-state index contributed by atoms with van der Waals surface area (Å²) in [5.74, 6) is -1.45. The van der Waals surface area contributed by atoms with E-state index in [2.05, 4.69) is 10.6 Å². The Hall–Kier alpha value is -3.95. The number of nitrogens with one attached hydrogen (secondary N) is 2. The van der Waals surface area contributed by atoms with Gasteiger partial charge in [-0.25, -0.2) is 4.79 Å². The molecule has 0 saturated carbocycles. The topological polar surface area (TPSA) is 134 Å². The highest BCUT2D eigenvalue weighted by atomic mass is 16.5. The average molecular weight is 621 g/mol. The zero-order chi connectivity index (χ0) is 32.8. The van der Waals surface area contributed by atoms with Crippen molar-refractivity contribution in [1.29, 1.82) is 0 Å². The number of hydrogen-bond acceptors (Lipinski definition) is 7. The van der Waals surface area contributed by atoms with E-state index in [4.69, 9.17) is 9.47 Å². The van der Waals surface area contributed by atoms with Gasteiger partial charge in [0.15, 0.2) is 0 Å². The van der Waals surface area contributed by atoms with Crippen LogP contribution in [0.2, 0.25) is 0 Å². The number of aliphatic hydroxyl groups is 1. The van der Waals surface area contributed by atoms with Gasteiger partial charge in [-0.1, -0.05) is 55.5 Å². The van der Waals surface area contributed by atoms with Gasteiger partial charge in [0.2, 0.25) is 11.8 Å². The van der Waals surface area contributed by atoms with Crippen LogP contribution < -0.4 is 10.6 Å². The molecule has 3 rings (SSSR count). The van der Waals surface area contributed by atoms with Crippen LogP contribution in [0, 0.1) is 5.92 Å². The molecule has 0 radical (unpaired) electrons. The SMILES string of the molecule is CO[C@H]1C=CC=CC=CC[C@@H](OC(=O)[C@@H](C)NC(=O)C2=CCCCC2)[C@@H](C)[C@@H](O)C(C)=CCCc2cc(O)cc(c2)NC(=O)C1. The number of phenolic OH excluding ortho intramolecular Hbond substituents is 1. The first kappa shape index (κ1) is 35.5. The summed E-state index contributed by atoms with van der Waals surface area (Å²) in [5.41, 5.74) is 2.75. The fourth-order valence-corrected chi connectivity index (χ4v) is 5.34. The van der Waals surface area contributed by atoms with Crippen molar-refractivity contribution in [2.75, 3.05) is 12.4 Å². The smallest absolute Gasteiger partial charge is 0.328 e. The highest BCUT2D eigenvalue weighted by Gasteiger charge is 2.30. The van der Waals surface area contributed by atoms with Crippen LogP contribution in [-0.2, 0) is 30.3 Å². The quantitative estimate of drug-likeness (QED) is 0.249. The maximum absolute atomic E-state index is 13.1. The predicted molar refractivity (Wildman–Crippen MR) is 175 cm³/mol. The molecule has 0 aromatic heterocycles. The normalized spacial score (nSPS) is 24.3. The predicted octanol–water partition coefficient (Wildman–Crippen LogP) is 5.60. The Bertz CT molecular complexity index is 1330. The van der Waals surface area contributed by atoms with Gasteiger partial charge < -0.3 is 30.3 Å². The van der Waals surface area contributed by atoms with E-state index < -0.39 is 36.2 Å². The minimum Gasteiger partial charge on any atom is -0.508 e. The van der Waals surface area contributed by atoms with Crippen LogP contribution >= 0.6 is 0 Å². The summed E-state index contributed by atoms with van der Waals surface area (Å²) in [5, 5.41) is 27.1. The van der Waals surface area contributed by atoms with E-state index in [1.165, 1.54) is 13.2 Å². The molecule has 9 heteroatoms. The second-order valence-corrected chi connectivity index (χ2v) is 11.8. The van der Waals surface area contributed by atoms with Crippen LogP contribution in [0.3, 0.4) is 0 Å². The molecule has 1 aliphatic carbocycles. The van der Waals surface area contributed by atoms with Gasteiger partial charge >= 0.3 is 5.97 Å². The van der Waals surface area contributed by atoms with Gasteiger partial charge in [0.1, 0.15) is 17.9 Å². The number of esters is 1. The van der Waals surface area contributed by atoms with Crippen LogP contribution in [0.15, 0.2) is 78.0 Å². The maximum Gasteiger partial charge on any atom is 0.328 e. The van der Waals surface area contributed by atoms with Crippen LogP contribution in [0.5, 0.6) is 5.75 Å². The first-order valence-electron chi connectivity index (χ1n) is 15.8. The highest BCUT2D eigenvalue weighted by molar-refractivity contribution is 5.96. The first-order valence-corrected chi connectivity index (χ1v) is 15.8. The lowest BCUT2D eigenvalue weighted by atomic mass is 9.90. The van der Waals surface area contributed by atoms with Gasteiger partial charge in [0.05, 0.1) is 18.6 Å². The minimum absolute atomic E-state index is 0.0434. The Morgan fingerprint density at radius 2 is 1.82 bits per heavy atom. The number of aromatic hydroxyl groups is 1. The number of anilines is 1. The molecule has 0 unspecified atom stereocenters. The number of amides is 2. The third-order valence-electron chi connectivity index (χ3n) is 8.12. The Labute approximate surface area is 266 Å². The van der Waals surface area contributed by atoms with E-state index in [1.54, 1.807) is 31.2 Å². The van der Waals surface area contributed by atoms with Crippen molar-refractivity contribution >= 4 is 23.5 Å². The fraction of sp³-hybridized carbons (Fsp3) is 0.472. The largest absolute Gasteiger partial charge is 0.508 e. The number of carbonyl (C=O) groups excluding carboxylic acids is 3. The van der Waals surface area contributed by atoms with Crippen molar-refractivity contribution < 1.29 is 34.1 Å². The van der Waals surface area contributed by atoms with E-state index in [0.717, 1.165) is 30.4 Å². The number of ether oxygens (including phenoxy) is 2. The van der Waals surface area contributed by atoms with Gasteiger partial charge in [0, 0.05) is 36.8 Å². The van der Waals surface area contributed by atoms with Crippen molar-refractivity contribution in [3.05, 3.63) is 83.5 Å². The van der Waals surface area contributed by atoms with Crippen molar-refractivity contribution in [2.24, 2.45) is 5.92 Å². The third kappa shape index (κ3) is 11.8. The molecule has 1 aromatic carbocycles. The molecule has 2 amide bonds. The lowest BCUT2D eigenvalue weighted by Crippen LogP contribution is -2.43. The number of methoxy groups -OCH3 is 1. The van der Waals surface area contributed by atoms with Crippen LogP contribution in [0.4, 0.5) is 5.69 Å². The van der Waals surface area contributed by atoms with Crippen molar-refractivity contribution in [3.8, 4) is 5.75 Å². The van der Waals surface area contributed by atoms with E-state index >= 15 is 0 Å². The van der Waals surface area contributed by atoms with E-state index in [9.17, 15) is 24.6 Å². The lowest BCUT2D eigenvalue weighted by Gasteiger charge is -2.29. The Kier molecular flexibility index (Phi) is 14.3. The van der Waals surface area contributed by atoms with Gasteiger partial charge in [-0.2, -0.15) is 0 Å². The number of carbonyl (C=O) groups is 3. The molecule has 9 nitrogen and oxygen atoms in total. The molecule has 244 valence electrons. The van der Waals surface area contributed by atoms with Gasteiger partial charge in [-0.3, -0.25) is 9.59 Å². The molecule has 4 N–H and O–H groups in total. The van der Waals surface area contributed by atoms with Crippen molar-refractivity contribution in [2.45, 2.75) is 96.5 Å². The van der Waals surface area contributed by atoms with Crippen LogP contribution in [-0.4, -0.2) is 59.5 Å². The third-order valence-corrected chi connectivity index (χ3v) is 8.12. The number of fused-ring (bicyclic) bond motifs is 2. The van der Waals surface area contributed by atoms with E-state index in [0.29, 0.717) is 36.9 Å². The van der Waals surface area contributed by atoms with E-state index in [1.807, 2.05) is 50.3 Å². The molecule has 2 aliphatic rings. The van der Waals surface area contributed by atoms with Crippen LogP contribution in [0.25, 0.3) is 0 Å². The zero-order valence-corrected chi connectivity index (χ0v) is 26.8. The lowest BCUT2D eigenvalue weighted by molar-refractivity contribution is -0.156. The van der Waals surface area contributed by atoms with Crippen molar-refractivity contribution in [1.82, 2.24) is 5.32 Å². The minimum atomic E-state index is -0.883. The first-order chi connectivity index (χ1) is 21.6. The Morgan fingerprint density at radius 3 is 2.56 bits per heavy atom. The van der Waals surface area contributed by atoms with Gasteiger partial charge in [-0.15, -0.1) is 0 Å². The summed E-state index contributed by atoms with van der Waals surface area (Å²) < 4.78 is 11.3. The van der Waals surface area contributed by atoms with Crippen molar-refractivity contribution in [3.63, 3.8) is 0 Å². The molecule has 1 aromatic rings. The fourth-order valence-electron chi connectivity index (χ4n) is 5.34. The van der Waals surface area contributed by atoms with Crippen LogP contribution in [0.1, 0.15) is 71.3 Å². The zero-order valence-electron chi connectivity index (χ0n) is 26.8. The number of rotatable bonds is 5. The molecule has 0 saturated heterocycles. The number of aliphatic hydroxyl groups excluding tert-OH is 1. The summed E-state index contributed by atoms with van der Waals surface area (Å²) >= 11 is 0. The molecule has 0 spiro atoms. The number of phenols is 1. The number of hydrogen-bond donors (Lipinski definition) is 4. The number of allylic oxidation sites excluding steroid dienone is 6. The van der Waals surface area contributed by atoms with Gasteiger partial charge in [0.25, 0.3) is 0 Å². The summed E-state index contributed by atoms with van der Waals surface area (Å²) in [6, 6.07) is 4.11. The molecule has 5 atom stereocenters. The highest BCUT2D eigenvalue weighted by Crippen LogP contribution is 2.25. The molecular weight excluding hydrogens is 572 g/mol. The molecule has 2 bridgehead atoms. The summed E-state index contributed by atoms with van der Waals surface area (Å²) in [6.07, 6.45) is 17.9. The maximum atomic E-state index is 13.1. The standard InChI is InChI=1S/C36H48N2O7/c1-24-14-13-15-27-20-29(22-30(39)21-27)38-33(40)23-31(44-4)18-11-6-5-7-12-19-32(25(2)34(24)41)45-36(43)26(3)37-35(42)28-16-9-8-10-17-28/h5-7,11-12,14,16,18,20-22,25-26,31-32,34,39,41H,8-10,13,15,17,19,23H2,1-4H3,(H,37,42)(H,38,40)/t25-,26-,31+,32-,34+/m1/s1. The molecule has 45 heavy (non-hydrogen) atoms. The second-order valence-electron chi connectivity index (χ2n) is 11.8. The van der Waals surface area contributed by atoms with Gasteiger partial charge in [-0.05, 0) is 75.6 Å². The molecular formula is C36H48N2O7. The Balaban J connectivity index is 1.80. The summed E-state index contributed by atoms with van der Waals surface area (Å²) in [7, 11) is 1.53. The van der Waals surface area contributed by atoms with E-state index in [-0.39, 0.29) is 24.0 Å². The molecule has 1 aliphatic heterocycles. The summed E-state index contributed by atoms with van der Waals surface area (Å²) in [4.78, 5) is 38.4. The number of aryl methyl sites for hydroxylation is 1. The number of benzene rings is 1.